The molecule has 1 aliphatic carbocycles. The maximum Gasteiger partial charge on any atom is 0.236 e. The van der Waals surface area contributed by atoms with Crippen molar-refractivity contribution in [1.29, 1.82) is 0 Å². The van der Waals surface area contributed by atoms with E-state index in [-0.39, 0.29) is 5.91 Å². The van der Waals surface area contributed by atoms with Crippen molar-refractivity contribution < 1.29 is 4.79 Å². The molecule has 2 aliphatic rings. The Morgan fingerprint density at radius 1 is 1.15 bits per heavy atom. The van der Waals surface area contributed by atoms with E-state index in [0.717, 1.165) is 45.2 Å². The lowest BCUT2D eigenvalue weighted by Crippen LogP contribution is -2.51. The SMILES string of the molecule is CC(C)(C)CCN1CCN(C(=O)CNCC2CC2)CC1. The molecule has 0 aromatic heterocycles. The molecule has 0 atom stereocenters. The summed E-state index contributed by atoms with van der Waals surface area (Å²) in [5.41, 5.74) is 0.402. The van der Waals surface area contributed by atoms with Gasteiger partial charge in [0.15, 0.2) is 0 Å². The van der Waals surface area contributed by atoms with Gasteiger partial charge < -0.3 is 10.2 Å². The fraction of sp³-hybridized carbons (Fsp3) is 0.938. The van der Waals surface area contributed by atoms with Gasteiger partial charge in [0.05, 0.1) is 6.54 Å². The Labute approximate surface area is 123 Å². The minimum absolute atomic E-state index is 0.279. The van der Waals surface area contributed by atoms with Crippen LogP contribution in [0.4, 0.5) is 0 Å². The molecule has 1 N–H and O–H groups in total. The Balaban J connectivity index is 1.59. The van der Waals surface area contributed by atoms with Gasteiger partial charge in [-0.25, -0.2) is 0 Å². The van der Waals surface area contributed by atoms with Gasteiger partial charge in [0.25, 0.3) is 0 Å². The predicted molar refractivity (Wildman–Crippen MR) is 82.7 cm³/mol. The van der Waals surface area contributed by atoms with E-state index in [1.807, 2.05) is 4.90 Å². The zero-order valence-corrected chi connectivity index (χ0v) is 13.5. The van der Waals surface area contributed by atoms with Crippen molar-refractivity contribution in [2.45, 2.75) is 40.0 Å². The highest BCUT2D eigenvalue weighted by Gasteiger charge is 2.23. The fourth-order valence-electron chi connectivity index (χ4n) is 2.53. The Bertz CT molecular complexity index is 312. The lowest BCUT2D eigenvalue weighted by Gasteiger charge is -2.36. The third-order valence-electron chi connectivity index (χ3n) is 4.31. The van der Waals surface area contributed by atoms with Crippen LogP contribution in [0.3, 0.4) is 0 Å². The maximum absolute atomic E-state index is 12.1. The summed E-state index contributed by atoms with van der Waals surface area (Å²) in [6, 6.07) is 0. The summed E-state index contributed by atoms with van der Waals surface area (Å²) in [6.45, 7) is 13.4. The summed E-state index contributed by atoms with van der Waals surface area (Å²) >= 11 is 0. The number of carbonyl (C=O) groups excluding carboxylic acids is 1. The molecule has 0 aromatic carbocycles. The van der Waals surface area contributed by atoms with Gasteiger partial charge in [0.2, 0.25) is 5.91 Å². The Hall–Kier alpha value is -0.610. The van der Waals surface area contributed by atoms with Crippen LogP contribution in [0.1, 0.15) is 40.0 Å². The van der Waals surface area contributed by atoms with E-state index in [2.05, 4.69) is 31.0 Å². The quantitative estimate of drug-likeness (QED) is 0.803. The lowest BCUT2D eigenvalue weighted by molar-refractivity contribution is -0.132. The monoisotopic (exact) mass is 281 g/mol. The Morgan fingerprint density at radius 2 is 1.80 bits per heavy atom. The van der Waals surface area contributed by atoms with Gasteiger partial charge in [-0.3, -0.25) is 9.69 Å². The minimum Gasteiger partial charge on any atom is -0.339 e. The number of amides is 1. The molecule has 1 heterocycles. The first-order valence-corrected chi connectivity index (χ1v) is 8.15. The van der Waals surface area contributed by atoms with Crippen molar-refractivity contribution in [2.75, 3.05) is 45.8 Å². The summed E-state index contributed by atoms with van der Waals surface area (Å²) in [5.74, 6) is 1.12. The van der Waals surface area contributed by atoms with Crippen LogP contribution in [-0.4, -0.2) is 61.5 Å². The molecule has 4 nitrogen and oxygen atoms in total. The predicted octanol–water partition coefficient (Wildman–Crippen LogP) is 1.57. The normalized spacial score (nSPS) is 21.2. The van der Waals surface area contributed by atoms with Crippen molar-refractivity contribution in [3.63, 3.8) is 0 Å². The zero-order valence-electron chi connectivity index (χ0n) is 13.5. The smallest absolute Gasteiger partial charge is 0.236 e. The number of nitrogens with zero attached hydrogens (tertiary/aromatic N) is 2. The first kappa shape index (κ1) is 15.8. The molecule has 2 rings (SSSR count). The van der Waals surface area contributed by atoms with Gasteiger partial charge in [-0.15, -0.1) is 0 Å². The van der Waals surface area contributed by atoms with Crippen molar-refractivity contribution >= 4 is 5.91 Å². The first-order valence-electron chi connectivity index (χ1n) is 8.15. The van der Waals surface area contributed by atoms with E-state index in [9.17, 15) is 4.79 Å². The Morgan fingerprint density at radius 3 is 2.35 bits per heavy atom. The molecule has 0 bridgehead atoms. The summed E-state index contributed by atoms with van der Waals surface area (Å²) in [4.78, 5) is 16.6. The third-order valence-corrected chi connectivity index (χ3v) is 4.31. The Kier molecular flexibility index (Phi) is 5.44. The van der Waals surface area contributed by atoms with E-state index in [1.165, 1.54) is 19.3 Å². The molecule has 1 aliphatic heterocycles. The number of hydrogen-bond acceptors (Lipinski definition) is 3. The minimum atomic E-state index is 0.279. The third kappa shape index (κ3) is 5.80. The van der Waals surface area contributed by atoms with E-state index < -0.39 is 0 Å². The van der Waals surface area contributed by atoms with Gasteiger partial charge in [0.1, 0.15) is 0 Å². The molecular formula is C16H31N3O. The van der Waals surface area contributed by atoms with Crippen LogP contribution in [0, 0.1) is 11.3 Å². The van der Waals surface area contributed by atoms with Crippen LogP contribution in [0.25, 0.3) is 0 Å². The number of hydrogen-bond donors (Lipinski definition) is 1. The largest absolute Gasteiger partial charge is 0.339 e. The molecular weight excluding hydrogens is 250 g/mol. The van der Waals surface area contributed by atoms with Gasteiger partial charge >= 0.3 is 0 Å². The summed E-state index contributed by atoms with van der Waals surface area (Å²) in [7, 11) is 0. The van der Waals surface area contributed by atoms with Gasteiger partial charge in [-0.05, 0) is 43.7 Å². The molecule has 116 valence electrons. The average Bonchev–Trinajstić information content (AvgIpc) is 3.20. The zero-order chi connectivity index (χ0) is 14.6. The van der Waals surface area contributed by atoms with Crippen LogP contribution in [0.5, 0.6) is 0 Å². The molecule has 2 fully saturated rings. The second-order valence-electron chi connectivity index (χ2n) is 7.61. The highest BCUT2D eigenvalue weighted by molar-refractivity contribution is 5.78. The maximum atomic E-state index is 12.1. The fourth-order valence-corrected chi connectivity index (χ4v) is 2.53. The highest BCUT2D eigenvalue weighted by atomic mass is 16.2. The van der Waals surface area contributed by atoms with Gasteiger partial charge in [0, 0.05) is 26.2 Å². The van der Waals surface area contributed by atoms with Gasteiger partial charge in [-0.2, -0.15) is 0 Å². The van der Waals surface area contributed by atoms with E-state index in [0.29, 0.717) is 12.0 Å². The molecule has 0 unspecified atom stereocenters. The number of piperazine rings is 1. The number of nitrogens with one attached hydrogen (secondary N) is 1. The van der Waals surface area contributed by atoms with E-state index in [1.54, 1.807) is 0 Å². The molecule has 4 heteroatoms. The van der Waals surface area contributed by atoms with Crippen molar-refractivity contribution in [1.82, 2.24) is 15.1 Å². The lowest BCUT2D eigenvalue weighted by atomic mass is 9.92. The molecule has 1 saturated carbocycles. The second kappa shape index (κ2) is 6.90. The van der Waals surface area contributed by atoms with Crippen LogP contribution in [0.2, 0.25) is 0 Å². The first-order chi connectivity index (χ1) is 9.44. The molecule has 1 amide bonds. The standard InChI is InChI=1S/C16H31N3O/c1-16(2,3)6-7-18-8-10-19(11-9-18)15(20)13-17-12-14-4-5-14/h14,17H,4-13H2,1-3H3. The van der Waals surface area contributed by atoms with Crippen molar-refractivity contribution in [3.05, 3.63) is 0 Å². The average molecular weight is 281 g/mol. The van der Waals surface area contributed by atoms with Crippen molar-refractivity contribution in [3.8, 4) is 0 Å². The van der Waals surface area contributed by atoms with Crippen LogP contribution < -0.4 is 5.32 Å². The van der Waals surface area contributed by atoms with E-state index in [4.69, 9.17) is 0 Å². The van der Waals surface area contributed by atoms with E-state index >= 15 is 0 Å². The van der Waals surface area contributed by atoms with Crippen molar-refractivity contribution in [2.24, 2.45) is 11.3 Å². The second-order valence-corrected chi connectivity index (χ2v) is 7.61. The van der Waals surface area contributed by atoms with Crippen LogP contribution in [-0.2, 0) is 4.79 Å². The van der Waals surface area contributed by atoms with Crippen LogP contribution >= 0.6 is 0 Å². The molecule has 0 radical (unpaired) electrons. The molecule has 1 saturated heterocycles. The molecule has 0 spiro atoms. The summed E-state index contributed by atoms with van der Waals surface area (Å²) < 4.78 is 0. The van der Waals surface area contributed by atoms with Gasteiger partial charge in [-0.1, -0.05) is 20.8 Å². The van der Waals surface area contributed by atoms with Crippen LogP contribution in [0.15, 0.2) is 0 Å². The molecule has 0 aromatic rings. The number of carbonyl (C=O) groups is 1. The highest BCUT2D eigenvalue weighted by Crippen LogP contribution is 2.27. The summed E-state index contributed by atoms with van der Waals surface area (Å²) in [5, 5.41) is 3.30. The summed E-state index contributed by atoms with van der Waals surface area (Å²) in [6.07, 6.45) is 3.91. The number of rotatable bonds is 6. The topological polar surface area (TPSA) is 35.6 Å². The molecule has 20 heavy (non-hydrogen) atoms.